The number of carbonyl (C=O) groups is 1. The fourth-order valence-electron chi connectivity index (χ4n) is 5.32. The Morgan fingerprint density at radius 3 is 2.34 bits per heavy atom. The van der Waals surface area contributed by atoms with Crippen molar-refractivity contribution < 1.29 is 9.21 Å². The van der Waals surface area contributed by atoms with Gasteiger partial charge in [0.1, 0.15) is 5.82 Å². The molecule has 4 N–H and O–H groups in total. The normalized spacial score (nSPS) is 19.9. The van der Waals surface area contributed by atoms with Crippen molar-refractivity contribution in [1.82, 2.24) is 20.6 Å². The Morgan fingerprint density at radius 1 is 0.921 bits per heavy atom. The molecule has 0 bridgehead atoms. The second-order valence-electron chi connectivity index (χ2n) is 9.86. The Hall–Kier alpha value is -2.55. The first-order valence-electron chi connectivity index (χ1n) is 13.0. The molecule has 0 saturated heterocycles. The zero-order valence-corrected chi connectivity index (χ0v) is 23.6. The van der Waals surface area contributed by atoms with Crippen molar-refractivity contribution in [1.29, 1.82) is 5.41 Å². The number of furan rings is 1. The first kappa shape index (κ1) is 30.0. The van der Waals surface area contributed by atoms with E-state index in [9.17, 15) is 4.79 Å². The highest BCUT2D eigenvalue weighted by Gasteiger charge is 2.28. The lowest BCUT2D eigenvalue weighted by molar-refractivity contribution is 0.0923. The number of anilines is 1. The van der Waals surface area contributed by atoms with Crippen molar-refractivity contribution in [2.45, 2.75) is 82.3 Å². The molecular weight excluding hydrogens is 547 g/mol. The van der Waals surface area contributed by atoms with E-state index in [-0.39, 0.29) is 60.5 Å². The minimum absolute atomic E-state index is 0. The third-order valence-electron chi connectivity index (χ3n) is 7.24. The number of amides is 1. The largest absolute Gasteiger partial charge is 0.461 e. The molecule has 0 unspecified atom stereocenters. The predicted octanol–water partition coefficient (Wildman–Crippen LogP) is 6.51. The van der Waals surface area contributed by atoms with Crippen LogP contribution in [-0.4, -0.2) is 39.8 Å². The Morgan fingerprint density at radius 2 is 1.63 bits per heavy atom. The fraction of sp³-hybridized carbons (Fsp3) is 0.481. The summed E-state index contributed by atoms with van der Waals surface area (Å²) in [5.41, 5.74) is 0.673. The maximum Gasteiger partial charge on any atom is 0.289 e. The molecule has 2 fully saturated rings. The summed E-state index contributed by atoms with van der Waals surface area (Å²) in [5, 5.41) is 19.8. The van der Waals surface area contributed by atoms with Crippen LogP contribution in [0.2, 0.25) is 5.02 Å². The molecule has 2 saturated carbocycles. The summed E-state index contributed by atoms with van der Waals surface area (Å²) in [5.74, 6) is 1.30. The van der Waals surface area contributed by atoms with Crippen LogP contribution in [0.15, 0.2) is 41.0 Å². The van der Waals surface area contributed by atoms with Gasteiger partial charge >= 0.3 is 0 Å². The number of hydrogen-bond donors (Lipinski definition) is 4. The Labute approximate surface area is 240 Å². The molecule has 2 aliphatic rings. The molecule has 2 atom stereocenters. The number of hydrogen-bond acceptors (Lipinski definition) is 6. The average Bonchev–Trinajstić information content (AvgIpc) is 3.31. The molecular formula is C27H35Cl3N6O2. The van der Waals surface area contributed by atoms with Crippen molar-refractivity contribution in [2.75, 3.05) is 5.32 Å². The lowest BCUT2D eigenvalue weighted by atomic mass is 9.90. The van der Waals surface area contributed by atoms with Gasteiger partial charge in [-0.2, -0.15) is 0 Å². The van der Waals surface area contributed by atoms with Crippen LogP contribution in [0.5, 0.6) is 0 Å². The van der Waals surface area contributed by atoms with Gasteiger partial charge in [0.15, 0.2) is 11.6 Å². The first-order valence-corrected chi connectivity index (χ1v) is 13.4. The zero-order chi connectivity index (χ0) is 24.9. The van der Waals surface area contributed by atoms with Crippen LogP contribution in [0.3, 0.4) is 0 Å². The van der Waals surface area contributed by atoms with E-state index >= 15 is 0 Å². The topological polar surface area (TPSA) is 116 Å². The van der Waals surface area contributed by atoms with Crippen LogP contribution in [0.1, 0.15) is 80.6 Å². The number of fused-ring (bicyclic) bond motifs is 1. The van der Waals surface area contributed by atoms with Crippen LogP contribution in [0.4, 0.5) is 5.82 Å². The Balaban J connectivity index is 0.00000200. The first-order chi connectivity index (χ1) is 17.6. The molecule has 0 spiro atoms. The van der Waals surface area contributed by atoms with E-state index in [4.69, 9.17) is 26.4 Å². The van der Waals surface area contributed by atoms with E-state index in [1.165, 1.54) is 12.8 Å². The number of benzene rings is 1. The van der Waals surface area contributed by atoms with Gasteiger partial charge in [-0.05, 0) is 56.0 Å². The molecule has 11 heteroatoms. The summed E-state index contributed by atoms with van der Waals surface area (Å²) in [6.45, 7) is 0. The number of halogens is 3. The van der Waals surface area contributed by atoms with Crippen LogP contribution in [0, 0.1) is 5.41 Å². The zero-order valence-electron chi connectivity index (χ0n) is 21.2. The van der Waals surface area contributed by atoms with Gasteiger partial charge in [-0.1, -0.05) is 50.1 Å². The maximum atomic E-state index is 13.2. The number of nitrogens with zero attached hydrogens (tertiary/aromatic N) is 2. The SMILES string of the molecule is Cl.Cl.N=C(N[C@@H]1CCCC[C@@H]1Nc1nc(C(=O)NC2CCCCCC2)nc2ccc(Cl)cc12)c1ccco1. The van der Waals surface area contributed by atoms with E-state index in [1.807, 2.05) is 12.1 Å². The summed E-state index contributed by atoms with van der Waals surface area (Å²) in [4.78, 5) is 22.5. The molecule has 3 aromatic rings. The number of rotatable bonds is 6. The van der Waals surface area contributed by atoms with Crippen molar-refractivity contribution >= 4 is 64.9 Å². The van der Waals surface area contributed by atoms with E-state index in [0.29, 0.717) is 22.1 Å². The summed E-state index contributed by atoms with van der Waals surface area (Å²) < 4.78 is 5.39. The standard InChI is InChI=1S/C27H33ClN6O2.2ClH/c28-17-13-14-20-19(16-17)25(34-26(32-20)27(35)30-18-8-3-1-2-4-9-18)33-22-11-6-5-10-21(22)31-24(29)23-12-7-15-36-23;;/h7,12-16,18,21-22H,1-6,8-11H2,(H2,29,31)(H,30,35)(H,32,33,34);2*1H/t21-,22+;;/m1../s1. The highest BCUT2D eigenvalue weighted by molar-refractivity contribution is 6.31. The van der Waals surface area contributed by atoms with Gasteiger partial charge in [0.05, 0.1) is 11.8 Å². The van der Waals surface area contributed by atoms with Crippen molar-refractivity contribution in [2.24, 2.45) is 0 Å². The van der Waals surface area contributed by atoms with Gasteiger partial charge in [-0.3, -0.25) is 10.2 Å². The number of carbonyl (C=O) groups excluding carboxylic acids is 1. The maximum absolute atomic E-state index is 13.2. The van der Waals surface area contributed by atoms with Gasteiger partial charge in [0.2, 0.25) is 5.82 Å². The Bertz CT molecular complexity index is 1210. The highest BCUT2D eigenvalue weighted by atomic mass is 35.5. The lowest BCUT2D eigenvalue weighted by Gasteiger charge is -2.34. The molecule has 2 aliphatic carbocycles. The van der Waals surface area contributed by atoms with E-state index in [0.717, 1.165) is 56.8 Å². The van der Waals surface area contributed by atoms with Crippen molar-refractivity contribution in [3.05, 3.63) is 53.2 Å². The van der Waals surface area contributed by atoms with E-state index in [2.05, 4.69) is 20.9 Å². The minimum atomic E-state index is -0.236. The monoisotopic (exact) mass is 580 g/mol. The van der Waals surface area contributed by atoms with E-state index < -0.39 is 0 Å². The summed E-state index contributed by atoms with van der Waals surface area (Å²) in [7, 11) is 0. The molecule has 8 nitrogen and oxygen atoms in total. The smallest absolute Gasteiger partial charge is 0.289 e. The van der Waals surface area contributed by atoms with Gasteiger partial charge in [-0.25, -0.2) is 9.97 Å². The quantitative estimate of drug-likeness (QED) is 0.150. The molecule has 1 amide bonds. The van der Waals surface area contributed by atoms with Gasteiger partial charge < -0.3 is 20.4 Å². The third kappa shape index (κ3) is 7.30. The van der Waals surface area contributed by atoms with Crippen molar-refractivity contribution in [3.63, 3.8) is 0 Å². The molecule has 38 heavy (non-hydrogen) atoms. The Kier molecular flexibility index (Phi) is 11.1. The third-order valence-corrected chi connectivity index (χ3v) is 7.47. The predicted molar refractivity (Wildman–Crippen MR) is 156 cm³/mol. The van der Waals surface area contributed by atoms with Crippen LogP contribution < -0.4 is 16.0 Å². The number of aromatic nitrogens is 2. The summed E-state index contributed by atoms with van der Waals surface area (Å²) in [6.07, 6.45) is 12.3. The molecule has 0 aliphatic heterocycles. The summed E-state index contributed by atoms with van der Waals surface area (Å²) >= 11 is 6.32. The molecule has 5 rings (SSSR count). The van der Waals surface area contributed by atoms with Gasteiger partial charge in [-0.15, -0.1) is 24.8 Å². The average molecular weight is 582 g/mol. The van der Waals surface area contributed by atoms with Crippen LogP contribution in [0.25, 0.3) is 10.9 Å². The van der Waals surface area contributed by atoms with Crippen LogP contribution in [-0.2, 0) is 0 Å². The fourth-order valence-corrected chi connectivity index (χ4v) is 5.49. The number of nitrogens with one attached hydrogen (secondary N) is 4. The molecule has 206 valence electrons. The van der Waals surface area contributed by atoms with E-state index in [1.54, 1.807) is 24.5 Å². The van der Waals surface area contributed by atoms with Crippen LogP contribution >= 0.6 is 36.4 Å². The second-order valence-corrected chi connectivity index (χ2v) is 10.3. The molecule has 0 radical (unpaired) electrons. The molecule has 1 aromatic carbocycles. The van der Waals surface area contributed by atoms with Crippen molar-refractivity contribution in [3.8, 4) is 0 Å². The minimum Gasteiger partial charge on any atom is -0.461 e. The van der Waals surface area contributed by atoms with Gasteiger partial charge in [0.25, 0.3) is 5.91 Å². The molecule has 2 heterocycles. The molecule has 2 aromatic heterocycles. The van der Waals surface area contributed by atoms with Gasteiger partial charge in [0, 0.05) is 28.5 Å². The lowest BCUT2D eigenvalue weighted by Crippen LogP contribution is -2.48. The number of amidine groups is 1. The second kappa shape index (κ2) is 14.0. The highest BCUT2D eigenvalue weighted by Crippen LogP contribution is 2.28. The summed E-state index contributed by atoms with van der Waals surface area (Å²) in [6, 6.07) is 9.20.